The first kappa shape index (κ1) is 19.6. The molecule has 5 rings (SSSR count). The maximum absolute atomic E-state index is 13.0. The summed E-state index contributed by atoms with van der Waals surface area (Å²) in [6.07, 6.45) is 5.56. The normalized spacial score (nSPS) is 26.6. The van der Waals surface area contributed by atoms with Gasteiger partial charge in [-0.3, -0.25) is 9.89 Å². The molecular weight excluding hydrogens is 378 g/mol. The number of hydrogen-bond acceptors (Lipinski definition) is 4. The quantitative estimate of drug-likeness (QED) is 0.809. The minimum Gasteiger partial charge on any atom is -0.487 e. The summed E-state index contributed by atoms with van der Waals surface area (Å²) >= 11 is 0. The number of piperidine rings is 1. The minimum absolute atomic E-state index is 0.0910. The first-order valence-electron chi connectivity index (χ1n) is 11.1. The summed E-state index contributed by atoms with van der Waals surface area (Å²) in [7, 11) is 0. The van der Waals surface area contributed by atoms with Crippen molar-refractivity contribution in [1.82, 2.24) is 15.1 Å². The van der Waals surface area contributed by atoms with E-state index in [1.807, 2.05) is 24.0 Å². The van der Waals surface area contributed by atoms with Gasteiger partial charge in [-0.15, -0.1) is 0 Å². The van der Waals surface area contributed by atoms with Crippen molar-refractivity contribution in [2.24, 2.45) is 11.3 Å². The highest BCUT2D eigenvalue weighted by Gasteiger charge is 2.52. The van der Waals surface area contributed by atoms with Gasteiger partial charge < -0.3 is 14.4 Å². The average Bonchev–Trinajstić information content (AvgIpc) is 3.23. The Morgan fingerprint density at radius 2 is 2.03 bits per heavy atom. The number of carbonyl (C=O) groups excluding carboxylic acids is 1. The lowest BCUT2D eigenvalue weighted by Crippen LogP contribution is -2.54. The number of nitrogens with zero attached hydrogens (tertiary/aromatic N) is 2. The molecule has 0 unspecified atom stereocenters. The number of ether oxygens (including phenoxy) is 2. The van der Waals surface area contributed by atoms with Gasteiger partial charge in [0.05, 0.1) is 24.5 Å². The largest absolute Gasteiger partial charge is 0.487 e. The van der Waals surface area contributed by atoms with Gasteiger partial charge in [0.1, 0.15) is 11.4 Å². The molecule has 6 nitrogen and oxygen atoms in total. The van der Waals surface area contributed by atoms with Crippen LogP contribution in [0, 0.1) is 11.3 Å². The molecule has 1 amide bonds. The summed E-state index contributed by atoms with van der Waals surface area (Å²) in [6.45, 7) is 8.71. The van der Waals surface area contributed by atoms with E-state index in [-0.39, 0.29) is 23.0 Å². The van der Waals surface area contributed by atoms with Crippen LogP contribution in [0.15, 0.2) is 30.5 Å². The predicted octanol–water partition coefficient (Wildman–Crippen LogP) is 4.14. The molecule has 6 heteroatoms. The summed E-state index contributed by atoms with van der Waals surface area (Å²) in [5, 5.41) is 7.01. The number of fused-ring (bicyclic) bond motifs is 3. The van der Waals surface area contributed by atoms with Crippen molar-refractivity contribution in [3.05, 3.63) is 47.3 Å². The van der Waals surface area contributed by atoms with Crippen molar-refractivity contribution in [2.45, 2.75) is 58.2 Å². The van der Waals surface area contributed by atoms with Gasteiger partial charge in [0.15, 0.2) is 0 Å². The highest BCUT2D eigenvalue weighted by Crippen LogP contribution is 2.55. The third-order valence-corrected chi connectivity index (χ3v) is 7.49. The van der Waals surface area contributed by atoms with Crippen LogP contribution in [-0.4, -0.2) is 46.3 Å². The molecule has 1 spiro atoms. The average molecular weight is 410 g/mol. The number of benzene rings is 1. The van der Waals surface area contributed by atoms with Crippen LogP contribution in [0.25, 0.3) is 0 Å². The van der Waals surface area contributed by atoms with Gasteiger partial charge in [0.2, 0.25) is 0 Å². The number of hydrogen-bond donors (Lipinski definition) is 1. The molecule has 3 aliphatic heterocycles. The van der Waals surface area contributed by atoms with Crippen molar-refractivity contribution in [3.63, 3.8) is 0 Å². The number of H-pyrrole nitrogens is 1. The Labute approximate surface area is 177 Å². The molecule has 0 saturated carbocycles. The van der Waals surface area contributed by atoms with Crippen molar-refractivity contribution in [1.29, 1.82) is 0 Å². The van der Waals surface area contributed by atoms with Crippen molar-refractivity contribution < 1.29 is 14.3 Å². The van der Waals surface area contributed by atoms with Crippen LogP contribution in [0.2, 0.25) is 0 Å². The molecule has 160 valence electrons. The van der Waals surface area contributed by atoms with Crippen LogP contribution < -0.4 is 4.74 Å². The third kappa shape index (κ3) is 3.13. The summed E-state index contributed by atoms with van der Waals surface area (Å²) in [5.41, 5.74) is 2.66. The second kappa shape index (κ2) is 7.12. The Kier molecular flexibility index (Phi) is 4.65. The first-order valence-corrected chi connectivity index (χ1v) is 11.1. The molecule has 1 aromatic carbocycles. The van der Waals surface area contributed by atoms with E-state index in [0.29, 0.717) is 11.5 Å². The van der Waals surface area contributed by atoms with E-state index in [4.69, 9.17) is 9.47 Å². The number of aromatic nitrogens is 2. The van der Waals surface area contributed by atoms with E-state index in [1.54, 1.807) is 6.20 Å². The molecular formula is C24H31N3O3. The van der Waals surface area contributed by atoms with Gasteiger partial charge in [0, 0.05) is 30.3 Å². The Bertz CT molecular complexity index is 943. The number of carbonyl (C=O) groups is 1. The zero-order chi connectivity index (χ0) is 20.9. The van der Waals surface area contributed by atoms with Gasteiger partial charge in [0.25, 0.3) is 5.91 Å². The summed E-state index contributed by atoms with van der Waals surface area (Å²) < 4.78 is 12.9. The van der Waals surface area contributed by atoms with E-state index in [2.05, 4.69) is 36.2 Å². The molecule has 2 saturated heterocycles. The Morgan fingerprint density at radius 1 is 1.27 bits per heavy atom. The summed E-state index contributed by atoms with van der Waals surface area (Å²) in [5.74, 6) is 1.36. The maximum Gasteiger partial charge on any atom is 0.257 e. The highest BCUT2D eigenvalue weighted by molar-refractivity contribution is 5.95. The third-order valence-electron chi connectivity index (χ3n) is 7.49. The van der Waals surface area contributed by atoms with Crippen LogP contribution >= 0.6 is 0 Å². The van der Waals surface area contributed by atoms with Crippen LogP contribution in [0.3, 0.4) is 0 Å². The lowest BCUT2D eigenvalue weighted by molar-refractivity contribution is -0.173. The van der Waals surface area contributed by atoms with Gasteiger partial charge >= 0.3 is 0 Å². The van der Waals surface area contributed by atoms with E-state index in [1.165, 1.54) is 5.56 Å². The number of nitrogens with one attached hydrogen (secondary N) is 1. The van der Waals surface area contributed by atoms with Crippen molar-refractivity contribution in [2.75, 3.05) is 19.7 Å². The standard InChI is InChI=1S/C24H31N3O3/c1-4-19-17(14-25-26-19)22(28)27-11-9-24(10-12-27)13-18-21(29-15-24)16-7-5-6-8-20(16)30-23(18,2)3/h5-8,14,18,21H,4,9-13,15H2,1-3H3,(H,25,26)/t18-,21+/m0/s1. The lowest BCUT2D eigenvalue weighted by atomic mass is 9.64. The van der Waals surface area contributed by atoms with Crippen LogP contribution in [0.4, 0.5) is 0 Å². The summed E-state index contributed by atoms with van der Waals surface area (Å²) in [6, 6.07) is 8.27. The van der Waals surface area contributed by atoms with Crippen LogP contribution in [0.5, 0.6) is 5.75 Å². The number of aryl methyl sites for hydroxylation is 1. The zero-order valence-corrected chi connectivity index (χ0v) is 18.1. The van der Waals surface area contributed by atoms with Crippen LogP contribution in [-0.2, 0) is 11.2 Å². The molecule has 0 radical (unpaired) electrons. The van der Waals surface area contributed by atoms with E-state index in [9.17, 15) is 4.79 Å². The molecule has 3 aliphatic rings. The SMILES string of the molecule is CCc1[nH]ncc1C(=O)N1CCC2(CC1)CO[C@@H]1c3ccccc3OC(C)(C)[C@H]1C2. The fraction of sp³-hybridized carbons (Fsp3) is 0.583. The first-order chi connectivity index (χ1) is 14.4. The predicted molar refractivity (Wildman–Crippen MR) is 113 cm³/mol. The van der Waals surface area contributed by atoms with E-state index < -0.39 is 0 Å². The Balaban J connectivity index is 1.31. The molecule has 1 N–H and O–H groups in total. The summed E-state index contributed by atoms with van der Waals surface area (Å²) in [4.78, 5) is 15.0. The molecule has 2 atom stereocenters. The van der Waals surface area contributed by atoms with Crippen molar-refractivity contribution >= 4 is 5.91 Å². The number of para-hydroxylation sites is 1. The molecule has 0 aliphatic carbocycles. The maximum atomic E-state index is 13.0. The van der Waals surface area contributed by atoms with E-state index >= 15 is 0 Å². The van der Waals surface area contributed by atoms with Gasteiger partial charge in [-0.05, 0) is 51.0 Å². The second-order valence-corrected chi connectivity index (χ2v) is 9.69. The molecule has 2 fully saturated rings. The number of likely N-dealkylation sites (tertiary alicyclic amines) is 1. The highest BCUT2D eigenvalue weighted by atomic mass is 16.5. The molecule has 30 heavy (non-hydrogen) atoms. The van der Waals surface area contributed by atoms with Gasteiger partial charge in [-0.1, -0.05) is 25.1 Å². The lowest BCUT2D eigenvalue weighted by Gasteiger charge is -2.54. The van der Waals surface area contributed by atoms with Crippen LogP contribution in [0.1, 0.15) is 67.8 Å². The topological polar surface area (TPSA) is 67.5 Å². The minimum atomic E-state index is -0.272. The van der Waals surface area contributed by atoms with Crippen molar-refractivity contribution in [3.8, 4) is 5.75 Å². The number of aromatic amines is 1. The molecule has 1 aromatic heterocycles. The molecule has 2 aromatic rings. The van der Waals surface area contributed by atoms with Gasteiger partial charge in [-0.2, -0.15) is 5.10 Å². The number of amides is 1. The fourth-order valence-corrected chi connectivity index (χ4v) is 5.57. The second-order valence-electron chi connectivity index (χ2n) is 9.69. The molecule has 4 heterocycles. The monoisotopic (exact) mass is 409 g/mol. The van der Waals surface area contributed by atoms with E-state index in [0.717, 1.165) is 56.8 Å². The Hall–Kier alpha value is -2.34. The fourth-order valence-electron chi connectivity index (χ4n) is 5.57. The Morgan fingerprint density at radius 3 is 2.80 bits per heavy atom. The molecule has 0 bridgehead atoms. The zero-order valence-electron chi connectivity index (χ0n) is 18.1. The number of rotatable bonds is 2. The van der Waals surface area contributed by atoms with Gasteiger partial charge in [-0.25, -0.2) is 0 Å². The smallest absolute Gasteiger partial charge is 0.257 e.